The molecular weight excluding hydrogens is 328 g/mol. The van der Waals surface area contributed by atoms with E-state index < -0.39 is 6.04 Å². The minimum atomic E-state index is -0.494. The maximum absolute atomic E-state index is 11.7. The van der Waals surface area contributed by atoms with Crippen molar-refractivity contribution in [3.63, 3.8) is 0 Å². The number of likely N-dealkylation sites (tertiary alicyclic amines) is 1. The van der Waals surface area contributed by atoms with E-state index in [1.165, 1.54) is 14.2 Å². The number of imide groups is 1. The van der Waals surface area contributed by atoms with Gasteiger partial charge in [0.25, 0.3) is 0 Å². The number of nitrogens with zero attached hydrogens (tertiary/aromatic N) is 1. The number of aromatic hydroxyl groups is 1. The molecule has 0 spiro atoms. The predicted molar refractivity (Wildman–Crippen MR) is 75.4 cm³/mol. The number of carbonyl (C=O) groups is 2. The molecule has 108 valence electrons. The van der Waals surface area contributed by atoms with Crippen LogP contribution in [0.15, 0.2) is 16.6 Å². The standard InChI is InChI=1S/C13H15BrN2O4/c1-16-11(17)5-9(13(16)19)15-6-7-3-8(14)12(18)10(4-7)20-2/h3-4,9,15,18H,5-6H2,1-2H3. The van der Waals surface area contributed by atoms with Crippen molar-refractivity contribution in [1.29, 1.82) is 0 Å². The van der Waals surface area contributed by atoms with E-state index in [1.807, 2.05) is 0 Å². The molecule has 0 saturated carbocycles. The number of phenols is 1. The van der Waals surface area contributed by atoms with Crippen molar-refractivity contribution < 1.29 is 19.4 Å². The molecule has 2 amide bonds. The number of ether oxygens (including phenoxy) is 1. The highest BCUT2D eigenvalue weighted by Crippen LogP contribution is 2.35. The number of nitrogens with one attached hydrogen (secondary N) is 1. The van der Waals surface area contributed by atoms with Crippen molar-refractivity contribution in [2.75, 3.05) is 14.2 Å². The van der Waals surface area contributed by atoms with E-state index in [0.29, 0.717) is 16.8 Å². The predicted octanol–water partition coefficient (Wildman–Crippen LogP) is 1.01. The van der Waals surface area contributed by atoms with Gasteiger partial charge in [-0.05, 0) is 33.6 Å². The minimum absolute atomic E-state index is 0.0307. The third-order valence-electron chi connectivity index (χ3n) is 3.24. The smallest absolute Gasteiger partial charge is 0.246 e. The Morgan fingerprint density at radius 1 is 1.50 bits per heavy atom. The summed E-state index contributed by atoms with van der Waals surface area (Å²) in [6, 6.07) is 2.92. The van der Waals surface area contributed by atoms with Gasteiger partial charge in [-0.2, -0.15) is 0 Å². The fourth-order valence-corrected chi connectivity index (χ4v) is 2.53. The van der Waals surface area contributed by atoms with E-state index in [4.69, 9.17) is 4.74 Å². The highest BCUT2D eigenvalue weighted by atomic mass is 79.9. The van der Waals surface area contributed by atoms with Gasteiger partial charge in [-0.15, -0.1) is 0 Å². The topological polar surface area (TPSA) is 78.9 Å². The van der Waals surface area contributed by atoms with Gasteiger partial charge in [0.15, 0.2) is 11.5 Å². The average molecular weight is 343 g/mol. The third kappa shape index (κ3) is 2.78. The first-order valence-electron chi connectivity index (χ1n) is 6.03. The van der Waals surface area contributed by atoms with Gasteiger partial charge in [-0.1, -0.05) is 0 Å². The summed E-state index contributed by atoms with van der Waals surface area (Å²) in [4.78, 5) is 24.3. The van der Waals surface area contributed by atoms with Crippen LogP contribution >= 0.6 is 15.9 Å². The van der Waals surface area contributed by atoms with Gasteiger partial charge in [-0.3, -0.25) is 14.5 Å². The summed E-state index contributed by atoms with van der Waals surface area (Å²) < 4.78 is 5.57. The molecule has 6 nitrogen and oxygen atoms in total. The summed E-state index contributed by atoms with van der Waals surface area (Å²) in [5.41, 5.74) is 0.835. The van der Waals surface area contributed by atoms with Gasteiger partial charge in [-0.25, -0.2) is 0 Å². The highest BCUT2D eigenvalue weighted by Gasteiger charge is 2.35. The molecule has 1 aliphatic rings. The lowest BCUT2D eigenvalue weighted by atomic mass is 10.1. The van der Waals surface area contributed by atoms with Crippen molar-refractivity contribution in [2.24, 2.45) is 0 Å². The Kier molecular flexibility index (Phi) is 4.29. The van der Waals surface area contributed by atoms with Crippen LogP contribution in [0.1, 0.15) is 12.0 Å². The van der Waals surface area contributed by atoms with E-state index in [2.05, 4.69) is 21.2 Å². The maximum atomic E-state index is 11.7. The van der Waals surface area contributed by atoms with Crippen molar-refractivity contribution in [2.45, 2.75) is 19.0 Å². The zero-order valence-electron chi connectivity index (χ0n) is 11.1. The molecule has 7 heteroatoms. The summed E-state index contributed by atoms with van der Waals surface area (Å²) >= 11 is 3.24. The lowest BCUT2D eigenvalue weighted by Gasteiger charge is -2.13. The lowest BCUT2D eigenvalue weighted by Crippen LogP contribution is -2.36. The Morgan fingerprint density at radius 2 is 2.20 bits per heavy atom. The number of rotatable bonds is 4. The Hall–Kier alpha value is -1.60. The normalized spacial score (nSPS) is 18.8. The van der Waals surface area contributed by atoms with Gasteiger partial charge >= 0.3 is 0 Å². The molecule has 2 rings (SSSR count). The zero-order valence-corrected chi connectivity index (χ0v) is 12.7. The number of hydrogen-bond acceptors (Lipinski definition) is 5. The van der Waals surface area contributed by atoms with Crippen LogP contribution in [0, 0.1) is 0 Å². The molecule has 0 radical (unpaired) electrons. The molecule has 1 unspecified atom stereocenters. The van der Waals surface area contributed by atoms with Crippen molar-refractivity contribution in [1.82, 2.24) is 10.2 Å². The highest BCUT2D eigenvalue weighted by molar-refractivity contribution is 9.10. The molecule has 1 aliphatic heterocycles. The first-order chi connectivity index (χ1) is 9.43. The minimum Gasteiger partial charge on any atom is -0.503 e. The molecule has 1 heterocycles. The molecule has 0 aliphatic carbocycles. The largest absolute Gasteiger partial charge is 0.503 e. The Morgan fingerprint density at radius 3 is 2.75 bits per heavy atom. The summed E-state index contributed by atoms with van der Waals surface area (Å²) in [6.07, 6.45) is 0.172. The molecule has 1 saturated heterocycles. The van der Waals surface area contributed by atoms with Crippen LogP contribution in [0.3, 0.4) is 0 Å². The van der Waals surface area contributed by atoms with Crippen LogP contribution < -0.4 is 10.1 Å². The second-order valence-corrected chi connectivity index (χ2v) is 5.41. The monoisotopic (exact) mass is 342 g/mol. The van der Waals surface area contributed by atoms with Crippen molar-refractivity contribution in [3.8, 4) is 11.5 Å². The maximum Gasteiger partial charge on any atom is 0.246 e. The summed E-state index contributed by atoms with van der Waals surface area (Å²) in [6.45, 7) is 0.396. The second kappa shape index (κ2) is 5.80. The van der Waals surface area contributed by atoms with E-state index in [0.717, 1.165) is 10.5 Å². The Balaban J connectivity index is 2.07. The number of likely N-dealkylation sites (N-methyl/N-ethyl adjacent to an activating group) is 1. The number of methoxy groups -OCH3 is 1. The van der Waals surface area contributed by atoms with E-state index in [-0.39, 0.29) is 24.0 Å². The van der Waals surface area contributed by atoms with Crippen LogP contribution in [0.25, 0.3) is 0 Å². The van der Waals surface area contributed by atoms with Crippen LogP contribution in [0.4, 0.5) is 0 Å². The third-order valence-corrected chi connectivity index (χ3v) is 3.85. The Bertz CT molecular complexity index is 562. The summed E-state index contributed by atoms with van der Waals surface area (Å²) in [7, 11) is 2.94. The molecule has 1 atom stereocenters. The molecular formula is C13H15BrN2O4. The molecule has 1 aromatic carbocycles. The van der Waals surface area contributed by atoms with Crippen LogP contribution in [-0.4, -0.2) is 42.0 Å². The number of benzene rings is 1. The van der Waals surface area contributed by atoms with Crippen LogP contribution in [0.2, 0.25) is 0 Å². The second-order valence-electron chi connectivity index (χ2n) is 4.56. The molecule has 1 fully saturated rings. The fourth-order valence-electron chi connectivity index (χ4n) is 2.04. The number of carbonyl (C=O) groups excluding carboxylic acids is 2. The van der Waals surface area contributed by atoms with E-state index in [9.17, 15) is 14.7 Å². The molecule has 0 aromatic heterocycles. The van der Waals surface area contributed by atoms with Crippen LogP contribution in [0.5, 0.6) is 11.5 Å². The summed E-state index contributed by atoms with van der Waals surface area (Å²) in [5.74, 6) is -0.0259. The van der Waals surface area contributed by atoms with Gasteiger partial charge in [0, 0.05) is 13.6 Å². The molecule has 20 heavy (non-hydrogen) atoms. The lowest BCUT2D eigenvalue weighted by molar-refractivity contribution is -0.137. The SMILES string of the molecule is COc1cc(CNC2CC(=O)N(C)C2=O)cc(Br)c1O. The van der Waals surface area contributed by atoms with Gasteiger partial charge in [0.05, 0.1) is 24.0 Å². The van der Waals surface area contributed by atoms with Crippen LogP contribution in [-0.2, 0) is 16.1 Å². The van der Waals surface area contributed by atoms with Gasteiger partial charge in [0.1, 0.15) is 0 Å². The molecule has 2 N–H and O–H groups in total. The Labute approximate surface area is 124 Å². The number of amides is 2. The van der Waals surface area contributed by atoms with Gasteiger partial charge < -0.3 is 15.2 Å². The van der Waals surface area contributed by atoms with E-state index in [1.54, 1.807) is 12.1 Å². The number of halogens is 1. The quantitative estimate of drug-likeness (QED) is 0.798. The van der Waals surface area contributed by atoms with Gasteiger partial charge in [0.2, 0.25) is 11.8 Å². The zero-order chi connectivity index (χ0) is 14.9. The first kappa shape index (κ1) is 14.8. The molecule has 1 aromatic rings. The number of phenolic OH excluding ortho intramolecular Hbond substituents is 1. The van der Waals surface area contributed by atoms with E-state index >= 15 is 0 Å². The van der Waals surface area contributed by atoms with Crippen molar-refractivity contribution >= 4 is 27.7 Å². The first-order valence-corrected chi connectivity index (χ1v) is 6.82. The number of hydrogen-bond donors (Lipinski definition) is 2. The summed E-state index contributed by atoms with van der Waals surface area (Å²) in [5, 5.41) is 12.8. The average Bonchev–Trinajstić information content (AvgIpc) is 2.67. The molecule has 0 bridgehead atoms. The van der Waals surface area contributed by atoms with Crippen molar-refractivity contribution in [3.05, 3.63) is 22.2 Å². The fraction of sp³-hybridized carbons (Fsp3) is 0.385.